The van der Waals surface area contributed by atoms with Crippen molar-refractivity contribution in [2.75, 3.05) is 13.2 Å². The zero-order chi connectivity index (χ0) is 38.2. The van der Waals surface area contributed by atoms with Crippen molar-refractivity contribution < 1.29 is 44.9 Å². The van der Waals surface area contributed by atoms with E-state index in [9.17, 15) is 35.4 Å². The molecule has 52 heavy (non-hydrogen) atoms. The average Bonchev–Trinajstić information content (AvgIpc) is 3.14. The molecule has 1 saturated heterocycles. The molecule has 7 N–H and O–H groups in total. The fourth-order valence-electron chi connectivity index (χ4n) is 7.17. The van der Waals surface area contributed by atoms with Crippen LogP contribution in [0.4, 0.5) is 0 Å². The predicted molar refractivity (Wildman–Crippen MR) is 209 cm³/mol. The summed E-state index contributed by atoms with van der Waals surface area (Å²) in [6, 6.07) is -0.886. The maximum atomic E-state index is 13.0. The molecule has 0 bridgehead atoms. The summed E-state index contributed by atoms with van der Waals surface area (Å²) < 4.78 is 11.1. The highest BCUT2D eigenvalue weighted by molar-refractivity contribution is 5.80. The van der Waals surface area contributed by atoms with Crippen LogP contribution in [-0.4, -0.2) is 98.7 Å². The number of aliphatic hydroxyl groups excluding tert-OH is 6. The Labute approximate surface area is 317 Å². The topological polar surface area (TPSA) is 169 Å². The lowest BCUT2D eigenvalue weighted by molar-refractivity contribution is -0.302. The number of unbranched alkanes of at least 4 members (excludes halogenated alkanes) is 25. The van der Waals surface area contributed by atoms with Gasteiger partial charge in [-0.05, 0) is 12.8 Å². The van der Waals surface area contributed by atoms with Crippen LogP contribution in [0.15, 0.2) is 0 Å². The average molecular weight is 746 g/mol. The second-order valence-corrected chi connectivity index (χ2v) is 15.6. The summed E-state index contributed by atoms with van der Waals surface area (Å²) in [4.78, 5) is 13.0. The molecule has 10 nitrogen and oxygen atoms in total. The fourth-order valence-corrected chi connectivity index (χ4v) is 7.17. The van der Waals surface area contributed by atoms with E-state index in [0.29, 0.717) is 12.8 Å². The minimum Gasteiger partial charge on any atom is -0.394 e. The van der Waals surface area contributed by atoms with Gasteiger partial charge in [0.15, 0.2) is 6.29 Å². The first kappa shape index (κ1) is 49.2. The molecule has 1 amide bonds. The number of rotatable bonds is 36. The number of amides is 1. The Morgan fingerprint density at radius 1 is 0.577 bits per heavy atom. The predicted octanol–water partition coefficient (Wildman–Crippen LogP) is 7.36. The summed E-state index contributed by atoms with van der Waals surface area (Å²) in [5, 5.41) is 64.6. The smallest absolute Gasteiger partial charge is 0.249 e. The fraction of sp³-hybridized carbons (Fsp3) is 0.976. The first-order valence-electron chi connectivity index (χ1n) is 21.8. The Bertz CT molecular complexity index is 803. The molecule has 10 heteroatoms. The molecule has 0 saturated carbocycles. The van der Waals surface area contributed by atoms with E-state index in [0.717, 1.165) is 44.9 Å². The van der Waals surface area contributed by atoms with Gasteiger partial charge < -0.3 is 45.4 Å². The molecule has 0 aromatic carbocycles. The standard InChI is InChI=1S/C42H83NO9/c1-3-5-7-9-11-13-15-16-17-18-19-21-23-25-27-29-31-36(46)41(50)43-34(33-51-42-40(49)39(48)38(47)37(32-44)52-42)35(45)30-28-26-24-22-20-14-12-10-8-6-4-2/h34-40,42,44-49H,3-33H2,1-2H3,(H,43,50). The minimum absolute atomic E-state index is 0.251. The van der Waals surface area contributed by atoms with E-state index in [-0.39, 0.29) is 6.61 Å². The second-order valence-electron chi connectivity index (χ2n) is 15.6. The molecule has 0 aliphatic carbocycles. The molecular weight excluding hydrogens is 662 g/mol. The van der Waals surface area contributed by atoms with E-state index in [1.807, 2.05) is 0 Å². The van der Waals surface area contributed by atoms with Gasteiger partial charge in [0, 0.05) is 0 Å². The normalized spacial score (nSPS) is 22.3. The van der Waals surface area contributed by atoms with Crippen molar-refractivity contribution in [3.63, 3.8) is 0 Å². The van der Waals surface area contributed by atoms with Crippen LogP contribution in [0.1, 0.15) is 200 Å². The first-order valence-corrected chi connectivity index (χ1v) is 21.8. The van der Waals surface area contributed by atoms with E-state index >= 15 is 0 Å². The van der Waals surface area contributed by atoms with Crippen LogP contribution in [0.2, 0.25) is 0 Å². The van der Waals surface area contributed by atoms with E-state index < -0.39 is 61.5 Å². The Morgan fingerprint density at radius 3 is 1.37 bits per heavy atom. The maximum Gasteiger partial charge on any atom is 0.249 e. The maximum absolute atomic E-state index is 13.0. The third-order valence-corrected chi connectivity index (χ3v) is 10.8. The third kappa shape index (κ3) is 23.8. The second kappa shape index (κ2) is 33.5. The van der Waals surface area contributed by atoms with Crippen LogP contribution in [0.25, 0.3) is 0 Å². The zero-order valence-electron chi connectivity index (χ0n) is 33.4. The van der Waals surface area contributed by atoms with Crippen molar-refractivity contribution in [2.45, 2.75) is 249 Å². The molecule has 1 heterocycles. The highest BCUT2D eigenvalue weighted by Crippen LogP contribution is 2.23. The Kier molecular flexibility index (Phi) is 31.7. The van der Waals surface area contributed by atoms with Crippen LogP contribution in [-0.2, 0) is 14.3 Å². The van der Waals surface area contributed by atoms with Gasteiger partial charge in [-0.2, -0.15) is 0 Å². The van der Waals surface area contributed by atoms with E-state index in [4.69, 9.17) is 9.47 Å². The van der Waals surface area contributed by atoms with Gasteiger partial charge in [-0.3, -0.25) is 4.79 Å². The molecule has 1 rings (SSSR count). The summed E-state index contributed by atoms with van der Waals surface area (Å²) in [6.45, 7) is 3.65. The molecule has 8 atom stereocenters. The van der Waals surface area contributed by atoms with Crippen LogP contribution in [0, 0.1) is 0 Å². The molecule has 1 aliphatic rings. The monoisotopic (exact) mass is 746 g/mol. The largest absolute Gasteiger partial charge is 0.394 e. The van der Waals surface area contributed by atoms with Gasteiger partial charge in [0.25, 0.3) is 0 Å². The Morgan fingerprint density at radius 2 is 0.962 bits per heavy atom. The molecule has 0 aromatic rings. The molecule has 1 aliphatic heterocycles. The van der Waals surface area contributed by atoms with Crippen LogP contribution >= 0.6 is 0 Å². The van der Waals surface area contributed by atoms with Crippen molar-refractivity contribution >= 4 is 5.91 Å². The van der Waals surface area contributed by atoms with Crippen molar-refractivity contribution in [1.29, 1.82) is 0 Å². The van der Waals surface area contributed by atoms with Crippen LogP contribution < -0.4 is 5.32 Å². The van der Waals surface area contributed by atoms with Gasteiger partial charge in [-0.1, -0.05) is 187 Å². The number of carbonyl (C=O) groups excluding carboxylic acids is 1. The molecule has 1 fully saturated rings. The number of nitrogens with one attached hydrogen (secondary N) is 1. The SMILES string of the molecule is CCCCCCCCCCCCCCCCCCC(O)C(=O)NC(COC1OC(CO)C(O)C(O)C1O)C(O)CCCCCCCCCCCCC. The van der Waals surface area contributed by atoms with Gasteiger partial charge >= 0.3 is 0 Å². The summed E-state index contributed by atoms with van der Waals surface area (Å²) in [6.07, 6.45) is 24.4. The zero-order valence-corrected chi connectivity index (χ0v) is 33.4. The Balaban J connectivity index is 2.39. The number of ether oxygens (including phenoxy) is 2. The molecule has 0 spiro atoms. The summed E-state index contributed by atoms with van der Waals surface area (Å²) in [7, 11) is 0. The highest BCUT2D eigenvalue weighted by atomic mass is 16.7. The minimum atomic E-state index is -1.59. The van der Waals surface area contributed by atoms with E-state index in [1.165, 1.54) is 128 Å². The molecule has 8 unspecified atom stereocenters. The van der Waals surface area contributed by atoms with Gasteiger partial charge in [-0.25, -0.2) is 0 Å². The summed E-state index contributed by atoms with van der Waals surface area (Å²) >= 11 is 0. The highest BCUT2D eigenvalue weighted by Gasteiger charge is 2.44. The van der Waals surface area contributed by atoms with Gasteiger partial charge in [0.1, 0.15) is 30.5 Å². The summed E-state index contributed by atoms with van der Waals surface area (Å²) in [5.41, 5.74) is 0. The number of hydrogen-bond acceptors (Lipinski definition) is 9. The third-order valence-electron chi connectivity index (χ3n) is 10.8. The van der Waals surface area contributed by atoms with Crippen LogP contribution in [0.5, 0.6) is 0 Å². The van der Waals surface area contributed by atoms with Gasteiger partial charge in [0.2, 0.25) is 5.91 Å². The molecule has 0 aromatic heterocycles. The van der Waals surface area contributed by atoms with Gasteiger partial charge in [-0.15, -0.1) is 0 Å². The molecular formula is C42H83NO9. The van der Waals surface area contributed by atoms with Crippen molar-refractivity contribution in [2.24, 2.45) is 0 Å². The first-order chi connectivity index (χ1) is 25.3. The number of carbonyl (C=O) groups is 1. The quantitative estimate of drug-likeness (QED) is 0.0324. The number of hydrogen-bond donors (Lipinski definition) is 7. The summed E-state index contributed by atoms with van der Waals surface area (Å²) in [5.74, 6) is -0.582. The lowest BCUT2D eigenvalue weighted by Gasteiger charge is -2.40. The Hall–Kier alpha value is -0.850. The lowest BCUT2D eigenvalue weighted by atomic mass is 9.99. The molecule has 310 valence electrons. The van der Waals surface area contributed by atoms with Crippen molar-refractivity contribution in [3.05, 3.63) is 0 Å². The van der Waals surface area contributed by atoms with Crippen molar-refractivity contribution in [3.8, 4) is 0 Å². The molecule has 0 radical (unpaired) electrons. The van der Waals surface area contributed by atoms with E-state index in [2.05, 4.69) is 19.2 Å². The number of aliphatic hydroxyl groups is 6. The van der Waals surface area contributed by atoms with Crippen LogP contribution in [0.3, 0.4) is 0 Å². The van der Waals surface area contributed by atoms with Crippen molar-refractivity contribution in [1.82, 2.24) is 5.32 Å². The lowest BCUT2D eigenvalue weighted by Crippen LogP contribution is -2.60. The van der Waals surface area contributed by atoms with Gasteiger partial charge in [0.05, 0.1) is 25.4 Å². The van der Waals surface area contributed by atoms with E-state index in [1.54, 1.807) is 0 Å².